The van der Waals surface area contributed by atoms with Gasteiger partial charge in [0.2, 0.25) is 0 Å². The minimum absolute atomic E-state index is 0.230. The maximum atomic E-state index is 11.3. The van der Waals surface area contributed by atoms with Crippen molar-refractivity contribution >= 4 is 34.8 Å². The number of carboxylic acids is 1. The molecule has 0 spiro atoms. The highest BCUT2D eigenvalue weighted by atomic mass is 35.5. The Morgan fingerprint density at radius 2 is 2.29 bits per heavy atom. The van der Waals surface area contributed by atoms with Crippen molar-refractivity contribution in [3.8, 4) is 0 Å². The maximum absolute atomic E-state index is 11.3. The molecule has 1 aliphatic rings. The molecule has 1 aliphatic heterocycles. The number of rotatable bonds is 2. The zero-order chi connectivity index (χ0) is 12.7. The van der Waals surface area contributed by atoms with Crippen molar-refractivity contribution < 1.29 is 9.90 Å². The largest absolute Gasteiger partial charge is 0.481 e. The van der Waals surface area contributed by atoms with Gasteiger partial charge in [-0.1, -0.05) is 23.8 Å². The molecule has 0 aromatic carbocycles. The molecular formula is C10H12ClN3O2S. The monoisotopic (exact) mass is 273 g/mol. The molecule has 2 rings (SSSR count). The van der Waals surface area contributed by atoms with Crippen LogP contribution in [0.5, 0.6) is 0 Å². The summed E-state index contributed by atoms with van der Waals surface area (Å²) in [4.78, 5) is 13.5. The summed E-state index contributed by atoms with van der Waals surface area (Å²) in [5.41, 5.74) is 0.744. The molecule has 1 aromatic rings. The number of carboxylic acid groups (broad SMARTS) is 1. The molecule has 0 saturated carbocycles. The average Bonchev–Trinajstić information content (AvgIpc) is 2.71. The molecule has 2 heterocycles. The summed E-state index contributed by atoms with van der Waals surface area (Å²) in [7, 11) is 3.52. The van der Waals surface area contributed by atoms with E-state index in [1.807, 2.05) is 0 Å². The molecule has 1 saturated heterocycles. The lowest BCUT2D eigenvalue weighted by Gasteiger charge is -2.12. The highest BCUT2D eigenvalue weighted by Gasteiger charge is 2.42. The summed E-state index contributed by atoms with van der Waals surface area (Å²) in [5, 5.41) is 13.8. The first-order valence-corrected chi connectivity index (χ1v) is 5.87. The van der Waals surface area contributed by atoms with Crippen LogP contribution in [0.4, 0.5) is 0 Å². The van der Waals surface area contributed by atoms with Crippen molar-refractivity contribution in [2.75, 3.05) is 13.6 Å². The SMILES string of the molecule is CN1CC(c2cnn(C)c2Cl)C(C(=O)O)C1=S. The minimum Gasteiger partial charge on any atom is -0.481 e. The van der Waals surface area contributed by atoms with Gasteiger partial charge in [-0.3, -0.25) is 9.48 Å². The van der Waals surface area contributed by atoms with E-state index in [0.29, 0.717) is 16.7 Å². The zero-order valence-corrected chi connectivity index (χ0v) is 11.0. The molecule has 0 aliphatic carbocycles. The van der Waals surface area contributed by atoms with E-state index < -0.39 is 11.9 Å². The first-order valence-electron chi connectivity index (χ1n) is 5.08. The number of likely N-dealkylation sites (tertiary alicyclic amines) is 1. The summed E-state index contributed by atoms with van der Waals surface area (Å²) in [6.45, 7) is 0.557. The third-order valence-corrected chi connectivity index (χ3v) is 4.10. The second kappa shape index (κ2) is 4.27. The first-order chi connectivity index (χ1) is 7.93. The number of thiocarbonyl (C=S) groups is 1. The highest BCUT2D eigenvalue weighted by molar-refractivity contribution is 7.80. The van der Waals surface area contributed by atoms with Gasteiger partial charge < -0.3 is 10.0 Å². The van der Waals surface area contributed by atoms with E-state index in [1.165, 1.54) is 4.68 Å². The topological polar surface area (TPSA) is 58.4 Å². The molecule has 1 fully saturated rings. The fourth-order valence-corrected chi connectivity index (χ4v) is 2.72. The van der Waals surface area contributed by atoms with Crippen molar-refractivity contribution in [1.29, 1.82) is 0 Å². The van der Waals surface area contributed by atoms with Crippen LogP contribution in [-0.4, -0.2) is 44.3 Å². The lowest BCUT2D eigenvalue weighted by molar-refractivity contribution is -0.139. The summed E-state index contributed by atoms with van der Waals surface area (Å²) in [6, 6.07) is 0. The van der Waals surface area contributed by atoms with Gasteiger partial charge in [-0.05, 0) is 0 Å². The molecule has 17 heavy (non-hydrogen) atoms. The number of aliphatic carboxylic acids is 1. The number of likely N-dealkylation sites (N-methyl/N-ethyl adjacent to an activating group) is 1. The lowest BCUT2D eigenvalue weighted by Crippen LogP contribution is -2.26. The van der Waals surface area contributed by atoms with Crippen molar-refractivity contribution in [3.63, 3.8) is 0 Å². The quantitative estimate of drug-likeness (QED) is 0.819. The lowest BCUT2D eigenvalue weighted by atomic mass is 9.91. The molecule has 0 amide bonds. The van der Waals surface area contributed by atoms with Gasteiger partial charge in [0.1, 0.15) is 11.1 Å². The molecule has 7 heteroatoms. The number of hydrogen-bond donors (Lipinski definition) is 1. The standard InChI is InChI=1S/C10H12ClN3O2S/c1-13-4-6(7(9(13)17)10(15)16)5-3-12-14(2)8(5)11/h3,6-7H,4H2,1-2H3,(H,15,16). The Kier molecular flexibility index (Phi) is 3.09. The van der Waals surface area contributed by atoms with Crippen molar-refractivity contribution in [3.05, 3.63) is 16.9 Å². The van der Waals surface area contributed by atoms with Gasteiger partial charge in [0.05, 0.1) is 11.2 Å². The van der Waals surface area contributed by atoms with E-state index in [2.05, 4.69) is 5.10 Å². The second-order valence-corrected chi connectivity index (χ2v) is 4.93. The molecule has 0 bridgehead atoms. The molecule has 0 radical (unpaired) electrons. The average molecular weight is 274 g/mol. The van der Waals surface area contributed by atoms with Crippen LogP contribution in [0.3, 0.4) is 0 Å². The van der Waals surface area contributed by atoms with Crippen LogP contribution in [0, 0.1) is 5.92 Å². The van der Waals surface area contributed by atoms with Gasteiger partial charge >= 0.3 is 5.97 Å². The van der Waals surface area contributed by atoms with Gasteiger partial charge in [0, 0.05) is 32.1 Å². The van der Waals surface area contributed by atoms with Gasteiger partial charge in [-0.25, -0.2) is 0 Å². The third kappa shape index (κ3) is 1.91. The Balaban J connectivity index is 2.41. The van der Waals surface area contributed by atoms with Gasteiger partial charge in [0.25, 0.3) is 0 Å². The minimum atomic E-state index is -0.913. The van der Waals surface area contributed by atoms with Crippen molar-refractivity contribution in [2.45, 2.75) is 5.92 Å². The van der Waals surface area contributed by atoms with Crippen molar-refractivity contribution in [1.82, 2.24) is 14.7 Å². The highest BCUT2D eigenvalue weighted by Crippen LogP contribution is 2.37. The predicted molar refractivity (Wildman–Crippen MR) is 67.3 cm³/mol. The zero-order valence-electron chi connectivity index (χ0n) is 9.42. The predicted octanol–water partition coefficient (Wildman–Crippen LogP) is 1.13. The molecule has 1 aromatic heterocycles. The van der Waals surface area contributed by atoms with Crippen LogP contribution in [0.15, 0.2) is 6.20 Å². The van der Waals surface area contributed by atoms with E-state index in [0.717, 1.165) is 5.56 Å². The van der Waals surface area contributed by atoms with E-state index in [9.17, 15) is 9.90 Å². The Labute approximate surface area is 109 Å². The van der Waals surface area contributed by atoms with Gasteiger partial charge in [-0.15, -0.1) is 0 Å². The molecule has 92 valence electrons. The Hall–Kier alpha value is -1.14. The van der Waals surface area contributed by atoms with Crippen LogP contribution in [0.1, 0.15) is 11.5 Å². The summed E-state index contributed by atoms with van der Waals surface area (Å²) in [5.74, 6) is -1.84. The smallest absolute Gasteiger partial charge is 0.314 e. The number of aromatic nitrogens is 2. The number of nitrogens with zero attached hydrogens (tertiary/aromatic N) is 3. The van der Waals surface area contributed by atoms with E-state index in [1.54, 1.807) is 25.2 Å². The molecule has 1 N–H and O–H groups in total. The summed E-state index contributed by atoms with van der Waals surface area (Å²) < 4.78 is 1.52. The number of carbonyl (C=O) groups is 1. The number of hydrogen-bond acceptors (Lipinski definition) is 3. The molecule has 5 nitrogen and oxygen atoms in total. The number of halogens is 1. The van der Waals surface area contributed by atoms with Crippen LogP contribution in [0.2, 0.25) is 5.15 Å². The number of aryl methyl sites for hydroxylation is 1. The van der Waals surface area contributed by atoms with E-state index in [-0.39, 0.29) is 5.92 Å². The van der Waals surface area contributed by atoms with Crippen molar-refractivity contribution in [2.24, 2.45) is 13.0 Å². The van der Waals surface area contributed by atoms with E-state index in [4.69, 9.17) is 23.8 Å². The van der Waals surface area contributed by atoms with Crippen LogP contribution in [0.25, 0.3) is 0 Å². The Bertz CT molecular complexity index is 488. The third-order valence-electron chi connectivity index (χ3n) is 3.07. The Morgan fingerprint density at radius 1 is 1.65 bits per heavy atom. The maximum Gasteiger partial charge on any atom is 0.314 e. The fraction of sp³-hybridized carbons (Fsp3) is 0.500. The molecular weight excluding hydrogens is 262 g/mol. The first kappa shape index (κ1) is 12.3. The second-order valence-electron chi connectivity index (χ2n) is 4.16. The normalized spacial score (nSPS) is 24.4. The summed E-state index contributed by atoms with van der Waals surface area (Å²) in [6.07, 6.45) is 1.62. The van der Waals surface area contributed by atoms with Crippen LogP contribution < -0.4 is 0 Å². The molecule has 2 unspecified atom stereocenters. The Morgan fingerprint density at radius 3 is 2.76 bits per heavy atom. The van der Waals surface area contributed by atoms with Gasteiger partial charge in [-0.2, -0.15) is 5.10 Å². The van der Waals surface area contributed by atoms with Crippen LogP contribution in [-0.2, 0) is 11.8 Å². The molecule has 2 atom stereocenters. The van der Waals surface area contributed by atoms with Crippen LogP contribution >= 0.6 is 23.8 Å². The van der Waals surface area contributed by atoms with Gasteiger partial charge in [0.15, 0.2) is 0 Å². The summed E-state index contributed by atoms with van der Waals surface area (Å²) >= 11 is 11.2. The van der Waals surface area contributed by atoms with E-state index >= 15 is 0 Å². The fourth-order valence-electron chi connectivity index (χ4n) is 2.14.